The van der Waals surface area contributed by atoms with E-state index in [1.165, 1.54) is 80.7 Å². The Hall–Kier alpha value is -3.48. The molecule has 0 spiro atoms. The quantitative estimate of drug-likeness (QED) is 0.304. The van der Waals surface area contributed by atoms with Crippen molar-refractivity contribution in [3.63, 3.8) is 0 Å². The largest absolute Gasteiger partial charge is 0.340 e. The molecule has 4 aromatic rings. The van der Waals surface area contributed by atoms with Crippen LogP contribution in [0.15, 0.2) is 67.5 Å². The van der Waals surface area contributed by atoms with Crippen LogP contribution >= 0.6 is 0 Å². The van der Waals surface area contributed by atoms with Gasteiger partial charge in [0.15, 0.2) is 0 Å². The summed E-state index contributed by atoms with van der Waals surface area (Å²) in [7, 11) is 2.06. The fraction of sp³-hybridized carbons (Fsp3) is 0.375. The van der Waals surface area contributed by atoms with Gasteiger partial charge >= 0.3 is 0 Å². The first-order valence-electron chi connectivity index (χ1n) is 14.0. The number of benzene rings is 2. The lowest BCUT2D eigenvalue weighted by Crippen LogP contribution is -2.30. The molecule has 1 N–H and O–H groups in total. The van der Waals surface area contributed by atoms with Crippen LogP contribution in [0.3, 0.4) is 0 Å². The van der Waals surface area contributed by atoms with Gasteiger partial charge in [0.25, 0.3) is 0 Å². The third-order valence-electron chi connectivity index (χ3n) is 8.08. The van der Waals surface area contributed by atoms with Crippen LogP contribution in [0.25, 0.3) is 27.6 Å². The Morgan fingerprint density at radius 2 is 1.61 bits per heavy atom. The summed E-state index contributed by atoms with van der Waals surface area (Å²) in [5, 5.41) is 10.4. The number of aryl methyl sites for hydroxylation is 1. The Kier molecular flexibility index (Phi) is 7.25. The minimum absolute atomic E-state index is 0.810. The van der Waals surface area contributed by atoms with Gasteiger partial charge in [-0.2, -0.15) is 5.10 Å². The number of aromatic nitrogens is 3. The molecule has 6 nitrogen and oxygen atoms in total. The van der Waals surface area contributed by atoms with E-state index >= 15 is 0 Å². The zero-order chi connectivity index (χ0) is 25.9. The van der Waals surface area contributed by atoms with Crippen LogP contribution in [-0.2, 0) is 20.1 Å². The highest BCUT2D eigenvalue weighted by Crippen LogP contribution is 2.30. The third kappa shape index (κ3) is 5.52. The number of piperidine rings is 1. The van der Waals surface area contributed by atoms with Crippen LogP contribution in [0.4, 0.5) is 5.82 Å². The van der Waals surface area contributed by atoms with E-state index in [-0.39, 0.29) is 0 Å². The summed E-state index contributed by atoms with van der Waals surface area (Å²) in [6, 6.07) is 17.4. The van der Waals surface area contributed by atoms with Crippen LogP contribution in [-0.4, -0.2) is 50.7 Å². The summed E-state index contributed by atoms with van der Waals surface area (Å²) in [6.45, 7) is 11.0. The first kappa shape index (κ1) is 24.8. The molecule has 2 fully saturated rings. The van der Waals surface area contributed by atoms with Gasteiger partial charge in [-0.15, -0.1) is 0 Å². The molecular weight excluding hydrogens is 468 g/mol. The number of pyridine rings is 1. The predicted octanol–water partition coefficient (Wildman–Crippen LogP) is 6.30. The highest BCUT2D eigenvalue weighted by Gasteiger charge is 2.17. The normalized spacial score (nSPS) is 16.8. The maximum absolute atomic E-state index is 4.68. The maximum Gasteiger partial charge on any atom is 0.130 e. The van der Waals surface area contributed by atoms with E-state index in [0.717, 1.165) is 40.9 Å². The fourth-order valence-electron chi connectivity index (χ4n) is 5.88. The van der Waals surface area contributed by atoms with Gasteiger partial charge in [-0.3, -0.25) is 14.5 Å². The number of hydrogen-bond acceptors (Lipinski definition) is 5. The zero-order valence-corrected chi connectivity index (χ0v) is 22.5. The van der Waals surface area contributed by atoms with Crippen molar-refractivity contribution >= 4 is 22.3 Å². The van der Waals surface area contributed by atoms with Crippen molar-refractivity contribution in [1.82, 2.24) is 24.6 Å². The zero-order valence-electron chi connectivity index (χ0n) is 22.5. The first-order chi connectivity index (χ1) is 18.6. The molecule has 0 atom stereocenters. The summed E-state index contributed by atoms with van der Waals surface area (Å²) < 4.78 is 2.04. The molecule has 0 amide bonds. The second-order valence-electron chi connectivity index (χ2n) is 10.9. The van der Waals surface area contributed by atoms with Crippen molar-refractivity contribution < 1.29 is 0 Å². The average molecular weight is 507 g/mol. The molecule has 6 rings (SSSR count). The molecule has 2 aliphatic rings. The Morgan fingerprint density at radius 3 is 2.42 bits per heavy atom. The van der Waals surface area contributed by atoms with Gasteiger partial charge in [0.2, 0.25) is 0 Å². The maximum atomic E-state index is 4.68. The Bertz CT molecular complexity index is 1430. The first-order valence-corrected chi connectivity index (χ1v) is 14.0. The molecule has 6 heteroatoms. The average Bonchev–Trinajstić information content (AvgIpc) is 3.59. The molecule has 2 aromatic heterocycles. The molecule has 2 aliphatic heterocycles. The molecular formula is C32H38N6. The van der Waals surface area contributed by atoms with Gasteiger partial charge in [-0.1, -0.05) is 43.3 Å². The molecule has 0 aliphatic carbocycles. The second kappa shape index (κ2) is 11.1. The Balaban J connectivity index is 1.21. The van der Waals surface area contributed by atoms with Crippen molar-refractivity contribution in [2.24, 2.45) is 7.05 Å². The lowest BCUT2D eigenvalue weighted by atomic mass is 10.0. The number of nitrogens with one attached hydrogen (secondary N) is 1. The summed E-state index contributed by atoms with van der Waals surface area (Å²) in [4.78, 5) is 9.76. The Morgan fingerprint density at radius 1 is 0.842 bits per heavy atom. The summed E-state index contributed by atoms with van der Waals surface area (Å²) >= 11 is 0. The van der Waals surface area contributed by atoms with E-state index in [4.69, 9.17) is 0 Å². The molecule has 2 aromatic carbocycles. The van der Waals surface area contributed by atoms with E-state index in [0.29, 0.717) is 0 Å². The van der Waals surface area contributed by atoms with Crippen molar-refractivity contribution in [1.29, 1.82) is 0 Å². The molecule has 0 radical (unpaired) electrons. The highest BCUT2D eigenvalue weighted by atomic mass is 15.3. The number of nitrogens with zero attached hydrogens (tertiary/aromatic N) is 5. The molecule has 196 valence electrons. The predicted molar refractivity (Wildman–Crippen MR) is 157 cm³/mol. The van der Waals surface area contributed by atoms with Crippen LogP contribution in [0.1, 0.15) is 48.9 Å². The lowest BCUT2D eigenvalue weighted by molar-refractivity contribution is 0.216. The molecule has 2 saturated heterocycles. The number of hydrogen-bond donors (Lipinski definition) is 1. The molecule has 0 bridgehead atoms. The molecule has 4 heterocycles. The van der Waals surface area contributed by atoms with Gasteiger partial charge in [-0.05, 0) is 92.1 Å². The van der Waals surface area contributed by atoms with Crippen molar-refractivity contribution in [2.45, 2.75) is 45.2 Å². The molecule has 0 saturated carbocycles. The minimum Gasteiger partial charge on any atom is -0.340 e. The van der Waals surface area contributed by atoms with E-state index in [2.05, 4.69) is 87.4 Å². The van der Waals surface area contributed by atoms with Crippen LogP contribution < -0.4 is 5.32 Å². The van der Waals surface area contributed by atoms with Crippen molar-refractivity contribution in [3.8, 4) is 11.1 Å². The van der Waals surface area contributed by atoms with Gasteiger partial charge < -0.3 is 5.32 Å². The summed E-state index contributed by atoms with van der Waals surface area (Å²) in [5.41, 5.74) is 7.00. The number of fused-ring (bicyclic) bond motifs is 1. The van der Waals surface area contributed by atoms with Crippen LogP contribution in [0.5, 0.6) is 0 Å². The number of likely N-dealkylation sites (tertiary alicyclic amines) is 2. The van der Waals surface area contributed by atoms with E-state index in [1.807, 2.05) is 17.1 Å². The SMILES string of the molecule is C=C(Nc1cc2cc(-c3cnn(C)c3CN3CCCCC3)ccc2cn1)c1cccc(CN2CCCC2)c1. The van der Waals surface area contributed by atoms with Gasteiger partial charge in [-0.25, -0.2) is 4.98 Å². The number of anilines is 1. The second-order valence-corrected chi connectivity index (χ2v) is 10.9. The van der Waals surface area contributed by atoms with E-state index in [9.17, 15) is 0 Å². The van der Waals surface area contributed by atoms with Gasteiger partial charge in [0, 0.05) is 43.0 Å². The van der Waals surface area contributed by atoms with Crippen molar-refractivity contribution in [3.05, 3.63) is 84.3 Å². The standard InChI is InChI=1S/C32H38N6/c1-24(26-10-8-9-25(17-26)22-37-15-6-7-16-37)35-32-19-29-18-27(11-12-28(29)20-33-32)30-21-34-36(2)31(30)23-38-13-4-3-5-14-38/h8-12,17-21H,1,3-7,13-16,22-23H2,2H3,(H,33,35). The number of rotatable bonds is 8. The summed E-state index contributed by atoms with van der Waals surface area (Å²) in [6.07, 6.45) is 10.5. The summed E-state index contributed by atoms with van der Waals surface area (Å²) in [5.74, 6) is 0.810. The van der Waals surface area contributed by atoms with Gasteiger partial charge in [0.1, 0.15) is 5.82 Å². The van der Waals surface area contributed by atoms with Crippen LogP contribution in [0, 0.1) is 0 Å². The third-order valence-corrected chi connectivity index (χ3v) is 8.08. The highest BCUT2D eigenvalue weighted by molar-refractivity contribution is 5.89. The van der Waals surface area contributed by atoms with Crippen molar-refractivity contribution in [2.75, 3.05) is 31.5 Å². The van der Waals surface area contributed by atoms with E-state index < -0.39 is 0 Å². The topological polar surface area (TPSA) is 49.2 Å². The minimum atomic E-state index is 0.810. The monoisotopic (exact) mass is 506 g/mol. The lowest BCUT2D eigenvalue weighted by Gasteiger charge is -2.26. The van der Waals surface area contributed by atoms with Crippen LogP contribution in [0.2, 0.25) is 0 Å². The van der Waals surface area contributed by atoms with Gasteiger partial charge in [0.05, 0.1) is 11.9 Å². The molecule has 0 unspecified atom stereocenters. The molecule has 38 heavy (non-hydrogen) atoms. The fourth-order valence-corrected chi connectivity index (χ4v) is 5.88. The Labute approximate surface area is 226 Å². The van der Waals surface area contributed by atoms with E-state index in [1.54, 1.807) is 0 Å². The smallest absolute Gasteiger partial charge is 0.130 e.